The summed E-state index contributed by atoms with van der Waals surface area (Å²) in [6, 6.07) is 4.64. The van der Waals surface area contributed by atoms with Crippen molar-refractivity contribution in [2.45, 2.75) is 31.2 Å². The molecule has 82 valence electrons. The minimum Gasteiger partial charge on any atom is -0.316 e. The highest BCUT2D eigenvalue weighted by Crippen LogP contribution is 2.34. The maximum atomic E-state index is 13.1. The minimum atomic E-state index is -0.766. The van der Waals surface area contributed by atoms with E-state index in [1.165, 1.54) is 12.1 Å². The lowest BCUT2D eigenvalue weighted by atomic mass is 9.94. The van der Waals surface area contributed by atoms with Gasteiger partial charge in [0.1, 0.15) is 0 Å². The van der Waals surface area contributed by atoms with Gasteiger partial charge in [-0.3, -0.25) is 0 Å². The van der Waals surface area contributed by atoms with Crippen LogP contribution >= 0.6 is 0 Å². The Bertz CT molecular complexity index is 351. The van der Waals surface area contributed by atoms with E-state index < -0.39 is 11.6 Å². The number of nitrogens with one attached hydrogen (secondary N) is 1. The molecule has 1 nitrogen and oxygen atoms in total. The fourth-order valence-corrected chi connectivity index (χ4v) is 2.45. The number of likely N-dealkylation sites (N-methyl/N-ethyl adjacent to an activating group) is 1. The van der Waals surface area contributed by atoms with Gasteiger partial charge in [-0.1, -0.05) is 12.5 Å². The van der Waals surface area contributed by atoms with Crippen LogP contribution in [0.5, 0.6) is 0 Å². The number of rotatable bonds is 2. The molecule has 0 heterocycles. The zero-order chi connectivity index (χ0) is 10.8. The van der Waals surface area contributed by atoms with Crippen LogP contribution in [0.3, 0.4) is 0 Å². The first-order chi connectivity index (χ1) is 7.22. The van der Waals surface area contributed by atoms with E-state index in [1.54, 1.807) is 6.07 Å². The lowest BCUT2D eigenvalue weighted by molar-refractivity contribution is 0.493. The number of benzene rings is 1. The molecule has 3 heteroatoms. The van der Waals surface area contributed by atoms with Crippen molar-refractivity contribution in [1.29, 1.82) is 0 Å². The quantitative estimate of drug-likeness (QED) is 0.793. The van der Waals surface area contributed by atoms with E-state index >= 15 is 0 Å². The number of halogens is 2. The molecule has 0 amide bonds. The Kier molecular flexibility index (Phi) is 3.00. The summed E-state index contributed by atoms with van der Waals surface area (Å²) >= 11 is 0. The molecule has 0 aliphatic heterocycles. The third-order valence-corrected chi connectivity index (χ3v) is 3.26. The van der Waals surface area contributed by atoms with E-state index in [-0.39, 0.29) is 0 Å². The van der Waals surface area contributed by atoms with Gasteiger partial charge in [-0.05, 0) is 43.5 Å². The standard InChI is InChI=1S/C12H15F2N/c1-15-12-4-2-3-9(12)8-5-6-10(13)11(14)7-8/h5-7,9,12,15H,2-4H2,1H3. The molecule has 1 aliphatic carbocycles. The van der Waals surface area contributed by atoms with Crippen LogP contribution in [0, 0.1) is 11.6 Å². The Hall–Kier alpha value is -0.960. The van der Waals surface area contributed by atoms with Crippen molar-refractivity contribution in [2.24, 2.45) is 0 Å². The van der Waals surface area contributed by atoms with E-state index in [4.69, 9.17) is 0 Å². The fraction of sp³-hybridized carbons (Fsp3) is 0.500. The predicted molar refractivity (Wildman–Crippen MR) is 55.8 cm³/mol. The summed E-state index contributed by atoms with van der Waals surface area (Å²) in [5.74, 6) is -1.18. The lowest BCUT2D eigenvalue weighted by Gasteiger charge is -2.19. The van der Waals surface area contributed by atoms with Gasteiger partial charge in [-0.2, -0.15) is 0 Å². The first kappa shape index (κ1) is 10.6. The summed E-state index contributed by atoms with van der Waals surface area (Å²) in [4.78, 5) is 0. The molecule has 0 spiro atoms. The summed E-state index contributed by atoms with van der Waals surface area (Å²) in [6.45, 7) is 0. The van der Waals surface area contributed by atoms with Gasteiger partial charge < -0.3 is 5.32 Å². The summed E-state index contributed by atoms with van der Waals surface area (Å²) in [6.07, 6.45) is 3.31. The molecule has 1 fully saturated rings. The van der Waals surface area contributed by atoms with E-state index in [0.717, 1.165) is 24.8 Å². The monoisotopic (exact) mass is 211 g/mol. The molecule has 1 aromatic carbocycles. The van der Waals surface area contributed by atoms with Gasteiger partial charge in [-0.15, -0.1) is 0 Å². The van der Waals surface area contributed by atoms with Gasteiger partial charge in [0.2, 0.25) is 0 Å². The molecule has 0 radical (unpaired) electrons. The van der Waals surface area contributed by atoms with Gasteiger partial charge in [0.25, 0.3) is 0 Å². The van der Waals surface area contributed by atoms with Crippen molar-refractivity contribution >= 4 is 0 Å². The van der Waals surface area contributed by atoms with E-state index in [2.05, 4.69) is 5.32 Å². The maximum absolute atomic E-state index is 13.1. The molecule has 1 saturated carbocycles. The van der Waals surface area contributed by atoms with Gasteiger partial charge in [0, 0.05) is 6.04 Å². The highest BCUT2D eigenvalue weighted by atomic mass is 19.2. The second-order valence-electron chi connectivity index (χ2n) is 4.11. The first-order valence-corrected chi connectivity index (χ1v) is 5.34. The second-order valence-corrected chi connectivity index (χ2v) is 4.11. The molecule has 1 aromatic rings. The van der Waals surface area contributed by atoms with Crippen LogP contribution in [0.4, 0.5) is 8.78 Å². The van der Waals surface area contributed by atoms with Gasteiger partial charge in [0.15, 0.2) is 11.6 Å². The maximum Gasteiger partial charge on any atom is 0.159 e. The Morgan fingerprint density at radius 2 is 2.00 bits per heavy atom. The van der Waals surface area contributed by atoms with Crippen LogP contribution in [-0.2, 0) is 0 Å². The van der Waals surface area contributed by atoms with Crippen LogP contribution in [0.1, 0.15) is 30.7 Å². The Labute approximate surface area is 88.5 Å². The average Bonchev–Trinajstić information content (AvgIpc) is 2.70. The van der Waals surface area contributed by atoms with Crippen LogP contribution in [0.15, 0.2) is 18.2 Å². The lowest BCUT2D eigenvalue weighted by Crippen LogP contribution is -2.27. The minimum absolute atomic E-state index is 0.324. The van der Waals surface area contributed by atoms with Crippen molar-refractivity contribution in [2.75, 3.05) is 7.05 Å². The number of hydrogen-bond acceptors (Lipinski definition) is 1. The van der Waals surface area contributed by atoms with Crippen molar-refractivity contribution in [3.63, 3.8) is 0 Å². The summed E-state index contributed by atoms with van der Waals surface area (Å²) in [7, 11) is 1.92. The largest absolute Gasteiger partial charge is 0.316 e. The Morgan fingerprint density at radius 1 is 1.20 bits per heavy atom. The van der Waals surface area contributed by atoms with Crippen molar-refractivity contribution in [3.8, 4) is 0 Å². The predicted octanol–water partition coefficient (Wildman–Crippen LogP) is 2.82. The van der Waals surface area contributed by atoms with Crippen molar-refractivity contribution in [3.05, 3.63) is 35.4 Å². The molecular formula is C12H15F2N. The van der Waals surface area contributed by atoms with Crippen molar-refractivity contribution in [1.82, 2.24) is 5.32 Å². The highest BCUT2D eigenvalue weighted by Gasteiger charge is 2.27. The van der Waals surface area contributed by atoms with Crippen LogP contribution in [-0.4, -0.2) is 13.1 Å². The molecule has 1 aliphatic rings. The summed E-state index contributed by atoms with van der Waals surface area (Å²) in [5.41, 5.74) is 0.908. The van der Waals surface area contributed by atoms with E-state index in [1.807, 2.05) is 7.05 Å². The van der Waals surface area contributed by atoms with Crippen molar-refractivity contribution < 1.29 is 8.78 Å². The zero-order valence-electron chi connectivity index (χ0n) is 8.76. The molecule has 2 rings (SSSR count). The molecule has 2 unspecified atom stereocenters. The molecular weight excluding hydrogens is 196 g/mol. The fourth-order valence-electron chi connectivity index (χ4n) is 2.45. The summed E-state index contributed by atoms with van der Waals surface area (Å²) < 4.78 is 25.8. The third-order valence-electron chi connectivity index (χ3n) is 3.26. The second kappa shape index (κ2) is 4.27. The zero-order valence-corrected chi connectivity index (χ0v) is 8.76. The van der Waals surface area contributed by atoms with Gasteiger partial charge >= 0.3 is 0 Å². The molecule has 15 heavy (non-hydrogen) atoms. The smallest absolute Gasteiger partial charge is 0.159 e. The highest BCUT2D eigenvalue weighted by molar-refractivity contribution is 5.24. The van der Waals surface area contributed by atoms with E-state index in [9.17, 15) is 8.78 Å². The molecule has 0 bridgehead atoms. The molecule has 0 saturated heterocycles. The number of hydrogen-bond donors (Lipinski definition) is 1. The Morgan fingerprint density at radius 3 is 2.67 bits per heavy atom. The molecule has 1 N–H and O–H groups in total. The molecule has 2 atom stereocenters. The average molecular weight is 211 g/mol. The van der Waals surface area contributed by atoms with Crippen LogP contribution in [0.2, 0.25) is 0 Å². The SMILES string of the molecule is CNC1CCCC1c1ccc(F)c(F)c1. The first-order valence-electron chi connectivity index (χ1n) is 5.34. The third kappa shape index (κ3) is 2.02. The topological polar surface area (TPSA) is 12.0 Å². The van der Waals surface area contributed by atoms with E-state index in [0.29, 0.717) is 12.0 Å². The summed E-state index contributed by atoms with van der Waals surface area (Å²) in [5, 5.41) is 3.23. The van der Waals surface area contributed by atoms with Gasteiger partial charge in [-0.25, -0.2) is 8.78 Å². The Balaban J connectivity index is 2.25. The van der Waals surface area contributed by atoms with Gasteiger partial charge in [0.05, 0.1) is 0 Å². The van der Waals surface area contributed by atoms with Crippen LogP contribution in [0.25, 0.3) is 0 Å². The molecule has 0 aromatic heterocycles. The van der Waals surface area contributed by atoms with Crippen LogP contribution < -0.4 is 5.32 Å². The normalized spacial score (nSPS) is 25.8.